The number of likely N-dealkylation sites (tertiary alicyclic amines) is 1. The molecule has 7 heteroatoms. The lowest BCUT2D eigenvalue weighted by atomic mass is 10.1. The Morgan fingerprint density at radius 2 is 2.38 bits per heavy atom. The fourth-order valence-corrected chi connectivity index (χ4v) is 1.88. The monoisotopic (exact) mass is 259 g/mol. The van der Waals surface area contributed by atoms with E-state index >= 15 is 0 Å². The summed E-state index contributed by atoms with van der Waals surface area (Å²) in [5.41, 5.74) is 0.202. The van der Waals surface area contributed by atoms with E-state index in [1.165, 1.54) is 22.9 Å². The number of hydrogen-bond acceptors (Lipinski definition) is 5. The number of halogens is 1. The molecule has 1 amide bonds. The number of hydrogen-bond donors (Lipinski definition) is 1. The molecule has 2 heterocycles. The number of aliphatic hydroxyl groups is 1. The summed E-state index contributed by atoms with van der Waals surface area (Å²) in [4.78, 5) is 21.4. The molecule has 0 radical (unpaired) electrons. The molecule has 1 aromatic rings. The fourth-order valence-electron chi connectivity index (χ4n) is 1.37. The zero-order valence-corrected chi connectivity index (χ0v) is 10.1. The standard InChI is InChI=1S/C9H10ClN3O2S/c1-16-9-11-2-6(10)7(12-9)8(15)13-3-5(14)4-13/h2,5,14H,3-4H2,1H3. The number of nitrogens with zero attached hydrogens (tertiary/aromatic N) is 3. The van der Waals surface area contributed by atoms with E-state index in [2.05, 4.69) is 9.97 Å². The molecule has 0 aliphatic carbocycles. The number of aliphatic hydroxyl groups excluding tert-OH is 1. The third-order valence-electron chi connectivity index (χ3n) is 2.26. The van der Waals surface area contributed by atoms with Crippen LogP contribution in [0.25, 0.3) is 0 Å². The predicted molar refractivity (Wildman–Crippen MR) is 60.7 cm³/mol. The first-order valence-electron chi connectivity index (χ1n) is 4.65. The van der Waals surface area contributed by atoms with Crippen LogP contribution in [0.1, 0.15) is 10.5 Å². The molecule has 1 aliphatic rings. The SMILES string of the molecule is CSc1ncc(Cl)c(C(=O)N2CC(O)C2)n1. The van der Waals surface area contributed by atoms with E-state index in [9.17, 15) is 4.79 Å². The summed E-state index contributed by atoms with van der Waals surface area (Å²) < 4.78 is 0. The van der Waals surface area contributed by atoms with Crippen LogP contribution in [-0.2, 0) is 0 Å². The number of aromatic nitrogens is 2. The summed E-state index contributed by atoms with van der Waals surface area (Å²) in [6.07, 6.45) is 2.82. The molecule has 1 fully saturated rings. The molecule has 86 valence electrons. The van der Waals surface area contributed by atoms with E-state index in [4.69, 9.17) is 16.7 Å². The second-order valence-corrected chi connectivity index (χ2v) is 4.60. The molecule has 0 unspecified atom stereocenters. The molecule has 1 saturated heterocycles. The lowest BCUT2D eigenvalue weighted by molar-refractivity contribution is 0.00545. The number of amides is 1. The molecule has 0 bridgehead atoms. The van der Waals surface area contributed by atoms with Crippen molar-refractivity contribution in [2.75, 3.05) is 19.3 Å². The summed E-state index contributed by atoms with van der Waals surface area (Å²) in [6, 6.07) is 0. The zero-order chi connectivity index (χ0) is 11.7. The Labute approximate surface area is 102 Å². The van der Waals surface area contributed by atoms with E-state index < -0.39 is 6.10 Å². The molecule has 0 spiro atoms. The molecule has 16 heavy (non-hydrogen) atoms. The molecule has 1 aromatic heterocycles. The maximum absolute atomic E-state index is 11.9. The van der Waals surface area contributed by atoms with E-state index in [1.54, 1.807) is 0 Å². The van der Waals surface area contributed by atoms with Gasteiger partial charge in [0.25, 0.3) is 5.91 Å². The number of β-amino-alcohol motifs (C(OH)–C–C–N with tert-alkyl or cyclic N) is 1. The van der Waals surface area contributed by atoms with Gasteiger partial charge in [0.15, 0.2) is 10.9 Å². The van der Waals surface area contributed by atoms with Crippen LogP contribution in [0.5, 0.6) is 0 Å². The van der Waals surface area contributed by atoms with Gasteiger partial charge in [0.1, 0.15) is 0 Å². The Kier molecular flexibility index (Phi) is 3.32. The third kappa shape index (κ3) is 2.14. The van der Waals surface area contributed by atoms with E-state index in [-0.39, 0.29) is 16.6 Å². The van der Waals surface area contributed by atoms with Crippen LogP contribution in [0.4, 0.5) is 0 Å². The van der Waals surface area contributed by atoms with Gasteiger partial charge in [-0.1, -0.05) is 23.4 Å². The summed E-state index contributed by atoms with van der Waals surface area (Å²) in [6.45, 7) is 0.682. The lowest BCUT2D eigenvalue weighted by Crippen LogP contribution is -2.53. The molecule has 1 aliphatic heterocycles. The number of thioether (sulfide) groups is 1. The van der Waals surface area contributed by atoms with Gasteiger partial charge in [0.05, 0.1) is 17.3 Å². The van der Waals surface area contributed by atoms with Crippen molar-refractivity contribution in [3.8, 4) is 0 Å². The second kappa shape index (κ2) is 4.57. The lowest BCUT2D eigenvalue weighted by Gasteiger charge is -2.35. The topological polar surface area (TPSA) is 66.3 Å². The van der Waals surface area contributed by atoms with Crippen LogP contribution in [-0.4, -0.2) is 51.3 Å². The fraction of sp³-hybridized carbons (Fsp3) is 0.444. The second-order valence-electron chi connectivity index (χ2n) is 3.42. The van der Waals surface area contributed by atoms with Gasteiger partial charge in [0, 0.05) is 13.1 Å². The molecule has 0 atom stereocenters. The number of carbonyl (C=O) groups excluding carboxylic acids is 1. The minimum absolute atomic E-state index is 0.202. The smallest absolute Gasteiger partial charge is 0.274 e. The average Bonchev–Trinajstić information content (AvgIpc) is 2.25. The van der Waals surface area contributed by atoms with Crippen LogP contribution in [0, 0.1) is 0 Å². The molecule has 0 aromatic carbocycles. The molecule has 0 saturated carbocycles. The van der Waals surface area contributed by atoms with Crippen molar-refractivity contribution in [1.29, 1.82) is 0 Å². The van der Waals surface area contributed by atoms with Crippen LogP contribution in [0.15, 0.2) is 11.4 Å². The van der Waals surface area contributed by atoms with Gasteiger partial charge in [-0.2, -0.15) is 0 Å². The highest BCUT2D eigenvalue weighted by Gasteiger charge is 2.31. The van der Waals surface area contributed by atoms with Crippen molar-refractivity contribution in [1.82, 2.24) is 14.9 Å². The Morgan fingerprint density at radius 1 is 1.69 bits per heavy atom. The van der Waals surface area contributed by atoms with Crippen molar-refractivity contribution in [3.63, 3.8) is 0 Å². The molecular formula is C9H10ClN3O2S. The average molecular weight is 260 g/mol. The Bertz CT molecular complexity index is 423. The van der Waals surface area contributed by atoms with Crippen LogP contribution < -0.4 is 0 Å². The van der Waals surface area contributed by atoms with Crippen molar-refractivity contribution in [2.24, 2.45) is 0 Å². The van der Waals surface area contributed by atoms with Crippen molar-refractivity contribution < 1.29 is 9.90 Å². The highest BCUT2D eigenvalue weighted by atomic mass is 35.5. The molecular weight excluding hydrogens is 250 g/mol. The van der Waals surface area contributed by atoms with E-state index in [1.807, 2.05) is 6.26 Å². The minimum Gasteiger partial charge on any atom is -0.389 e. The number of rotatable bonds is 2. The minimum atomic E-state index is -0.426. The molecule has 1 N–H and O–H groups in total. The third-order valence-corrected chi connectivity index (χ3v) is 3.10. The summed E-state index contributed by atoms with van der Waals surface area (Å²) in [5.74, 6) is -0.256. The van der Waals surface area contributed by atoms with Gasteiger partial charge in [-0.15, -0.1) is 0 Å². The van der Waals surface area contributed by atoms with Crippen LogP contribution in [0.3, 0.4) is 0 Å². The summed E-state index contributed by atoms with van der Waals surface area (Å²) >= 11 is 7.21. The Balaban J connectivity index is 2.22. The Hall–Kier alpha value is -0.850. The maximum Gasteiger partial charge on any atom is 0.274 e. The van der Waals surface area contributed by atoms with Gasteiger partial charge >= 0.3 is 0 Å². The normalized spacial score (nSPS) is 16.1. The summed E-state index contributed by atoms with van der Waals surface area (Å²) in [5, 5.41) is 9.87. The van der Waals surface area contributed by atoms with E-state index in [0.29, 0.717) is 18.2 Å². The van der Waals surface area contributed by atoms with Crippen LogP contribution >= 0.6 is 23.4 Å². The quantitative estimate of drug-likeness (QED) is 0.625. The van der Waals surface area contributed by atoms with Gasteiger partial charge < -0.3 is 10.0 Å². The highest BCUT2D eigenvalue weighted by molar-refractivity contribution is 7.98. The predicted octanol–water partition coefficient (Wildman–Crippen LogP) is 0.669. The van der Waals surface area contributed by atoms with Gasteiger partial charge in [-0.25, -0.2) is 9.97 Å². The zero-order valence-electron chi connectivity index (χ0n) is 8.55. The largest absolute Gasteiger partial charge is 0.389 e. The van der Waals surface area contributed by atoms with E-state index in [0.717, 1.165) is 0 Å². The van der Waals surface area contributed by atoms with Gasteiger partial charge in [-0.3, -0.25) is 4.79 Å². The first kappa shape index (κ1) is 11.6. The van der Waals surface area contributed by atoms with Crippen LogP contribution in [0.2, 0.25) is 5.02 Å². The first-order chi connectivity index (χ1) is 7.61. The van der Waals surface area contributed by atoms with Crippen molar-refractivity contribution >= 4 is 29.3 Å². The molecule has 5 nitrogen and oxygen atoms in total. The first-order valence-corrected chi connectivity index (χ1v) is 6.26. The maximum atomic E-state index is 11.9. The van der Waals surface area contributed by atoms with Gasteiger partial charge in [-0.05, 0) is 6.26 Å². The molecule has 2 rings (SSSR count). The Morgan fingerprint density at radius 3 is 2.94 bits per heavy atom. The van der Waals surface area contributed by atoms with Crippen molar-refractivity contribution in [3.05, 3.63) is 16.9 Å². The van der Waals surface area contributed by atoms with Gasteiger partial charge in [0.2, 0.25) is 0 Å². The number of carbonyl (C=O) groups is 1. The highest BCUT2D eigenvalue weighted by Crippen LogP contribution is 2.20. The van der Waals surface area contributed by atoms with Crippen molar-refractivity contribution in [2.45, 2.75) is 11.3 Å². The summed E-state index contributed by atoms with van der Waals surface area (Å²) in [7, 11) is 0.